The molecule has 1 atom stereocenters. The second-order valence-electron chi connectivity index (χ2n) is 5.74. The maximum absolute atomic E-state index is 11.1. The van der Waals surface area contributed by atoms with Crippen LogP contribution in [0.4, 0.5) is 0 Å². The van der Waals surface area contributed by atoms with Crippen LogP contribution in [0.25, 0.3) is 0 Å². The molecule has 2 nitrogen and oxygen atoms in total. The van der Waals surface area contributed by atoms with Crippen LogP contribution in [0.1, 0.15) is 84.5 Å². The lowest BCUT2D eigenvalue weighted by Crippen LogP contribution is -2.16. The molecular weight excluding hydrogens is 260 g/mol. The molecule has 0 rings (SSSR count). The normalized spacial score (nSPS) is 12.5. The van der Waals surface area contributed by atoms with Crippen molar-refractivity contribution in [2.75, 3.05) is 0 Å². The standard InChI is InChI=1S/C19H34O2/c1-4-6-8-10-11-12-13-15-17-19(21-18(3)20)16-14-9-7-5-2/h4,6,8,19H,1,5,7,9-17H2,2-3H3. The lowest BCUT2D eigenvalue weighted by molar-refractivity contribution is -0.147. The zero-order valence-electron chi connectivity index (χ0n) is 14.1. The van der Waals surface area contributed by atoms with Crippen LogP contribution in [0, 0.1) is 0 Å². The maximum Gasteiger partial charge on any atom is 0.302 e. The first-order valence-electron chi connectivity index (χ1n) is 8.65. The number of carbonyl (C=O) groups excluding carboxylic acids is 1. The molecule has 0 aliphatic rings. The number of unbranched alkanes of at least 4 members (excludes halogenated alkanes) is 7. The van der Waals surface area contributed by atoms with E-state index in [-0.39, 0.29) is 12.1 Å². The van der Waals surface area contributed by atoms with E-state index >= 15 is 0 Å². The van der Waals surface area contributed by atoms with Gasteiger partial charge in [0.1, 0.15) is 6.10 Å². The molecule has 0 amide bonds. The van der Waals surface area contributed by atoms with Crippen molar-refractivity contribution in [1.29, 1.82) is 0 Å². The van der Waals surface area contributed by atoms with Gasteiger partial charge in [0.15, 0.2) is 0 Å². The molecule has 0 aromatic carbocycles. The molecule has 122 valence electrons. The molecule has 0 bridgehead atoms. The van der Waals surface area contributed by atoms with E-state index in [9.17, 15) is 4.79 Å². The van der Waals surface area contributed by atoms with Gasteiger partial charge in [-0.05, 0) is 38.5 Å². The topological polar surface area (TPSA) is 26.3 Å². The summed E-state index contributed by atoms with van der Waals surface area (Å²) in [4.78, 5) is 11.1. The third-order valence-corrected chi connectivity index (χ3v) is 3.63. The summed E-state index contributed by atoms with van der Waals surface area (Å²) >= 11 is 0. The molecule has 0 fully saturated rings. The van der Waals surface area contributed by atoms with E-state index in [1.54, 1.807) is 0 Å². The SMILES string of the molecule is C=CC=CCCCCCCC(CCCCCC)OC(C)=O. The fourth-order valence-electron chi connectivity index (χ4n) is 2.48. The van der Waals surface area contributed by atoms with Crippen molar-refractivity contribution in [2.24, 2.45) is 0 Å². The number of hydrogen-bond donors (Lipinski definition) is 0. The molecule has 21 heavy (non-hydrogen) atoms. The van der Waals surface area contributed by atoms with Gasteiger partial charge in [0.25, 0.3) is 0 Å². The fraction of sp³-hybridized carbons (Fsp3) is 0.737. The Hall–Kier alpha value is -1.05. The molecule has 2 heteroatoms. The quantitative estimate of drug-likeness (QED) is 0.224. The molecule has 0 aromatic heterocycles. The van der Waals surface area contributed by atoms with Gasteiger partial charge in [-0.25, -0.2) is 0 Å². The lowest BCUT2D eigenvalue weighted by Gasteiger charge is -2.16. The largest absolute Gasteiger partial charge is 0.463 e. The molecular formula is C19H34O2. The molecule has 0 N–H and O–H groups in total. The lowest BCUT2D eigenvalue weighted by atomic mass is 10.0. The number of hydrogen-bond acceptors (Lipinski definition) is 2. The first-order chi connectivity index (χ1) is 10.2. The Labute approximate surface area is 131 Å². The van der Waals surface area contributed by atoms with E-state index in [0.29, 0.717) is 0 Å². The highest BCUT2D eigenvalue weighted by Gasteiger charge is 2.11. The highest BCUT2D eigenvalue weighted by molar-refractivity contribution is 5.66. The number of ether oxygens (including phenoxy) is 1. The molecule has 1 unspecified atom stereocenters. The van der Waals surface area contributed by atoms with E-state index in [2.05, 4.69) is 19.6 Å². The summed E-state index contributed by atoms with van der Waals surface area (Å²) in [5.41, 5.74) is 0. The highest BCUT2D eigenvalue weighted by Crippen LogP contribution is 2.16. The molecule has 0 radical (unpaired) electrons. The van der Waals surface area contributed by atoms with Crippen molar-refractivity contribution in [3.05, 3.63) is 24.8 Å². The molecule has 0 saturated heterocycles. The molecule has 0 heterocycles. The molecule has 0 spiro atoms. The monoisotopic (exact) mass is 294 g/mol. The average molecular weight is 294 g/mol. The van der Waals surface area contributed by atoms with Gasteiger partial charge in [-0.3, -0.25) is 4.79 Å². The van der Waals surface area contributed by atoms with Gasteiger partial charge in [-0.2, -0.15) is 0 Å². The van der Waals surface area contributed by atoms with E-state index in [4.69, 9.17) is 4.74 Å². The zero-order valence-corrected chi connectivity index (χ0v) is 14.1. The molecule has 0 aliphatic carbocycles. The summed E-state index contributed by atoms with van der Waals surface area (Å²) in [5, 5.41) is 0. The average Bonchev–Trinajstić information content (AvgIpc) is 2.45. The first-order valence-corrected chi connectivity index (χ1v) is 8.65. The number of carbonyl (C=O) groups is 1. The van der Waals surface area contributed by atoms with Gasteiger partial charge >= 0.3 is 5.97 Å². The van der Waals surface area contributed by atoms with Crippen LogP contribution >= 0.6 is 0 Å². The second-order valence-corrected chi connectivity index (χ2v) is 5.74. The van der Waals surface area contributed by atoms with Crippen LogP contribution in [-0.4, -0.2) is 12.1 Å². The number of esters is 1. The van der Waals surface area contributed by atoms with Crippen molar-refractivity contribution < 1.29 is 9.53 Å². The molecule has 0 aromatic rings. The summed E-state index contributed by atoms with van der Waals surface area (Å²) in [7, 11) is 0. The van der Waals surface area contributed by atoms with Crippen LogP contribution in [0.3, 0.4) is 0 Å². The summed E-state index contributed by atoms with van der Waals surface area (Å²) in [6, 6.07) is 0. The van der Waals surface area contributed by atoms with Gasteiger partial charge in [-0.1, -0.05) is 63.8 Å². The third kappa shape index (κ3) is 15.2. The highest BCUT2D eigenvalue weighted by atomic mass is 16.5. The minimum atomic E-state index is -0.134. The predicted octanol–water partition coefficient (Wildman–Crippen LogP) is 5.97. The Balaban J connectivity index is 3.67. The van der Waals surface area contributed by atoms with Crippen molar-refractivity contribution in [1.82, 2.24) is 0 Å². The molecule has 0 aliphatic heterocycles. The maximum atomic E-state index is 11.1. The summed E-state index contributed by atoms with van der Waals surface area (Å²) in [6.07, 6.45) is 19.2. The summed E-state index contributed by atoms with van der Waals surface area (Å²) < 4.78 is 5.43. The van der Waals surface area contributed by atoms with Crippen LogP contribution in [-0.2, 0) is 9.53 Å². The van der Waals surface area contributed by atoms with E-state index < -0.39 is 0 Å². The fourth-order valence-corrected chi connectivity index (χ4v) is 2.48. The van der Waals surface area contributed by atoms with Crippen molar-refractivity contribution in [3.63, 3.8) is 0 Å². The Morgan fingerprint density at radius 3 is 2.24 bits per heavy atom. The van der Waals surface area contributed by atoms with E-state index in [1.165, 1.54) is 51.9 Å². The summed E-state index contributed by atoms with van der Waals surface area (Å²) in [6.45, 7) is 7.39. The Morgan fingerprint density at radius 1 is 1.05 bits per heavy atom. The second kappa shape index (κ2) is 15.3. The van der Waals surface area contributed by atoms with Crippen molar-refractivity contribution in [3.8, 4) is 0 Å². The van der Waals surface area contributed by atoms with Crippen LogP contribution < -0.4 is 0 Å². The zero-order chi connectivity index (χ0) is 15.8. The number of rotatable bonds is 14. The predicted molar refractivity (Wildman–Crippen MR) is 91.4 cm³/mol. The minimum absolute atomic E-state index is 0.134. The van der Waals surface area contributed by atoms with E-state index in [1.807, 2.05) is 12.2 Å². The van der Waals surface area contributed by atoms with Gasteiger partial charge in [0, 0.05) is 6.92 Å². The van der Waals surface area contributed by atoms with Crippen LogP contribution in [0.15, 0.2) is 24.8 Å². The van der Waals surface area contributed by atoms with Gasteiger partial charge < -0.3 is 4.74 Å². The first kappa shape index (κ1) is 19.9. The Bertz CT molecular complexity index is 281. The van der Waals surface area contributed by atoms with Gasteiger partial charge in [-0.15, -0.1) is 0 Å². The smallest absolute Gasteiger partial charge is 0.302 e. The van der Waals surface area contributed by atoms with Gasteiger partial charge in [0.05, 0.1) is 0 Å². The Kier molecular flexibility index (Phi) is 14.6. The Morgan fingerprint density at radius 2 is 1.67 bits per heavy atom. The van der Waals surface area contributed by atoms with Crippen molar-refractivity contribution >= 4 is 5.97 Å². The molecule has 0 saturated carbocycles. The van der Waals surface area contributed by atoms with Gasteiger partial charge in [0.2, 0.25) is 0 Å². The van der Waals surface area contributed by atoms with Crippen LogP contribution in [0.2, 0.25) is 0 Å². The third-order valence-electron chi connectivity index (χ3n) is 3.63. The summed E-state index contributed by atoms with van der Waals surface area (Å²) in [5.74, 6) is -0.134. The van der Waals surface area contributed by atoms with Crippen LogP contribution in [0.5, 0.6) is 0 Å². The number of allylic oxidation sites excluding steroid dienone is 3. The van der Waals surface area contributed by atoms with Crippen molar-refractivity contribution in [2.45, 2.75) is 90.6 Å². The van der Waals surface area contributed by atoms with E-state index in [0.717, 1.165) is 25.7 Å². The minimum Gasteiger partial charge on any atom is -0.463 e.